The third-order valence-corrected chi connectivity index (χ3v) is 6.66. The second-order valence-electron chi connectivity index (χ2n) is 9.44. The van der Waals surface area contributed by atoms with Gasteiger partial charge in [0.15, 0.2) is 0 Å². The maximum atomic E-state index is 14.2. The van der Waals surface area contributed by atoms with Crippen molar-refractivity contribution in [3.05, 3.63) is 48.2 Å². The summed E-state index contributed by atoms with van der Waals surface area (Å²) in [5.41, 5.74) is -0.512. The van der Waals surface area contributed by atoms with Gasteiger partial charge in [0.1, 0.15) is 23.3 Å². The fraction of sp³-hybridized carbons (Fsp3) is 0.440. The topological polar surface area (TPSA) is 120 Å². The molecule has 1 fully saturated rings. The van der Waals surface area contributed by atoms with Gasteiger partial charge in [0.25, 0.3) is 5.91 Å². The summed E-state index contributed by atoms with van der Waals surface area (Å²) in [6.45, 7) is -2.71. The quantitative estimate of drug-likeness (QED) is 0.270. The number of alkyl halides is 5. The van der Waals surface area contributed by atoms with Gasteiger partial charge >= 0.3 is 6.61 Å². The van der Waals surface area contributed by atoms with Gasteiger partial charge in [0.2, 0.25) is 18.1 Å². The molecule has 2 atom stereocenters. The highest BCUT2D eigenvalue weighted by Crippen LogP contribution is 2.47. The van der Waals surface area contributed by atoms with Crippen molar-refractivity contribution in [2.24, 2.45) is 0 Å². The van der Waals surface area contributed by atoms with Crippen LogP contribution in [0.2, 0.25) is 0 Å². The van der Waals surface area contributed by atoms with Crippen LogP contribution in [0.3, 0.4) is 0 Å². The predicted molar refractivity (Wildman–Crippen MR) is 129 cm³/mol. The minimum atomic E-state index is -3.10. The van der Waals surface area contributed by atoms with E-state index in [-0.39, 0.29) is 17.1 Å². The number of hydrogen-bond donors (Lipinski definition) is 3. The zero-order valence-corrected chi connectivity index (χ0v) is 20.7. The molecule has 2 amide bonds. The molecule has 0 saturated heterocycles. The number of aliphatic hydroxyl groups is 1. The van der Waals surface area contributed by atoms with Gasteiger partial charge in [0.05, 0.1) is 23.7 Å². The Kier molecular flexibility index (Phi) is 8.04. The maximum Gasteiger partial charge on any atom is 0.387 e. The van der Waals surface area contributed by atoms with Crippen LogP contribution in [0.4, 0.5) is 27.8 Å². The van der Waals surface area contributed by atoms with Gasteiger partial charge in [-0.1, -0.05) is 12.1 Å². The largest absolute Gasteiger partial charge is 0.435 e. The summed E-state index contributed by atoms with van der Waals surface area (Å²) < 4.78 is 72.0. The minimum Gasteiger partial charge on any atom is -0.435 e. The molecule has 0 radical (unpaired) electrons. The lowest BCUT2D eigenvalue weighted by atomic mass is 9.67. The highest BCUT2D eigenvalue weighted by molar-refractivity contribution is 5.98. The second-order valence-corrected chi connectivity index (χ2v) is 9.44. The van der Waals surface area contributed by atoms with Crippen LogP contribution in [0.15, 0.2) is 42.6 Å². The number of amides is 2. The Morgan fingerprint density at radius 1 is 1.10 bits per heavy atom. The Bertz CT molecular complexity index is 1310. The number of nitrogens with one attached hydrogen (secondary N) is 2. The lowest BCUT2D eigenvalue weighted by Crippen LogP contribution is -2.57. The molecule has 3 aromatic rings. The van der Waals surface area contributed by atoms with E-state index in [0.717, 1.165) is 19.1 Å². The van der Waals surface area contributed by atoms with Crippen molar-refractivity contribution in [1.82, 2.24) is 20.1 Å². The number of ether oxygens (including phenoxy) is 1. The molecule has 2 heterocycles. The third kappa shape index (κ3) is 6.27. The number of hydrogen-bond acceptors (Lipinski definition) is 6. The third-order valence-electron chi connectivity index (χ3n) is 6.66. The summed E-state index contributed by atoms with van der Waals surface area (Å²) in [5, 5.41) is 19.8. The van der Waals surface area contributed by atoms with Gasteiger partial charge in [-0.2, -0.15) is 13.9 Å². The van der Waals surface area contributed by atoms with Crippen molar-refractivity contribution in [2.75, 3.05) is 11.9 Å². The first-order valence-corrected chi connectivity index (χ1v) is 12.1. The monoisotopic (exact) mass is 555 g/mol. The van der Waals surface area contributed by atoms with Crippen molar-refractivity contribution in [1.29, 1.82) is 0 Å². The highest BCUT2D eigenvalue weighted by Gasteiger charge is 2.51. The molecule has 1 aliphatic carbocycles. The molecule has 1 aliphatic rings. The van der Waals surface area contributed by atoms with Crippen molar-refractivity contribution < 1.29 is 41.4 Å². The van der Waals surface area contributed by atoms with Crippen LogP contribution < -0.4 is 10.1 Å². The average molecular weight is 556 g/mol. The van der Waals surface area contributed by atoms with E-state index in [9.17, 15) is 36.6 Å². The number of benzene rings is 1. The van der Waals surface area contributed by atoms with Gasteiger partial charge in [-0.25, -0.2) is 18.2 Å². The van der Waals surface area contributed by atoms with Crippen LogP contribution in [0.5, 0.6) is 5.75 Å². The lowest BCUT2D eigenvalue weighted by Gasteiger charge is -2.43. The normalized spacial score (nSPS) is 17.9. The first kappa shape index (κ1) is 28.2. The molecule has 0 spiro atoms. The molecule has 2 aromatic heterocycles. The van der Waals surface area contributed by atoms with Gasteiger partial charge in [-0.3, -0.25) is 14.7 Å². The average Bonchev–Trinajstić information content (AvgIpc) is 3.35. The van der Waals surface area contributed by atoms with Crippen molar-refractivity contribution in [3.63, 3.8) is 0 Å². The summed E-state index contributed by atoms with van der Waals surface area (Å²) >= 11 is 0. The number of carbonyl (C=O) groups excluding carboxylic acids is 2. The Morgan fingerprint density at radius 3 is 2.38 bits per heavy atom. The van der Waals surface area contributed by atoms with E-state index in [4.69, 9.17) is 0 Å². The number of H-pyrrole nitrogens is 1. The van der Waals surface area contributed by atoms with Crippen LogP contribution in [-0.2, 0) is 15.0 Å². The number of fused-ring (bicyclic) bond motifs is 1. The number of pyridine rings is 1. The zero-order chi connectivity index (χ0) is 28.4. The summed E-state index contributed by atoms with van der Waals surface area (Å²) in [4.78, 5) is 31.7. The van der Waals surface area contributed by atoms with E-state index < -0.39 is 74.4 Å². The second kappa shape index (κ2) is 11.1. The molecular formula is C25H26F5N5O4. The van der Waals surface area contributed by atoms with Crippen LogP contribution in [0.1, 0.15) is 38.2 Å². The Labute approximate surface area is 219 Å². The number of carbonyl (C=O) groups is 2. The fourth-order valence-corrected chi connectivity index (χ4v) is 4.70. The molecular weight excluding hydrogens is 529 g/mol. The van der Waals surface area contributed by atoms with Crippen LogP contribution >= 0.6 is 0 Å². The summed E-state index contributed by atoms with van der Waals surface area (Å²) in [6, 6.07) is 7.88. The van der Waals surface area contributed by atoms with Crippen LogP contribution in [0.25, 0.3) is 11.0 Å². The first-order chi connectivity index (χ1) is 18.4. The van der Waals surface area contributed by atoms with Gasteiger partial charge in [-0.15, -0.1) is 0 Å². The Balaban J connectivity index is 1.64. The number of aliphatic hydroxyl groups excluding tert-OH is 1. The SMILES string of the molecule is C[C@@H](F)CN(C(=O)C1(c2ccc(OC(F)F)cc2)CCC(F)(F)CC1)[C@H](O)C(=O)Nc1ccc2[nH]ncc2n1. The standard InChI is InChI=1S/C25H26F5N5O4/c1-14(26)13-35(21(37)20(36)33-19-7-6-17-18(32-19)12-31-34-17)22(38)24(8-10-25(29,30)11-9-24)15-2-4-16(5-3-15)39-23(27)28/h2-7,12,14,21,23,37H,8-11,13H2,1H3,(H,31,34)(H,32,33,36)/t14-,21-/m1/s1. The van der Waals surface area contributed by atoms with Crippen molar-refractivity contribution >= 4 is 28.7 Å². The smallest absolute Gasteiger partial charge is 0.387 e. The molecule has 0 aliphatic heterocycles. The fourth-order valence-electron chi connectivity index (χ4n) is 4.70. The summed E-state index contributed by atoms with van der Waals surface area (Å²) in [6.07, 6.45) is -4.65. The molecule has 0 bridgehead atoms. The lowest BCUT2D eigenvalue weighted by molar-refractivity contribution is -0.159. The molecule has 210 valence electrons. The molecule has 3 N–H and O–H groups in total. The molecule has 1 saturated carbocycles. The van der Waals surface area contributed by atoms with E-state index in [2.05, 4.69) is 25.2 Å². The Morgan fingerprint density at radius 2 is 1.77 bits per heavy atom. The van der Waals surface area contributed by atoms with E-state index in [1.807, 2.05) is 0 Å². The Hall–Kier alpha value is -3.81. The van der Waals surface area contributed by atoms with E-state index in [1.54, 1.807) is 6.07 Å². The zero-order valence-electron chi connectivity index (χ0n) is 20.7. The maximum absolute atomic E-state index is 14.2. The number of rotatable bonds is 9. The van der Waals surface area contributed by atoms with Gasteiger partial charge in [-0.05, 0) is 49.6 Å². The van der Waals surface area contributed by atoms with E-state index >= 15 is 0 Å². The highest BCUT2D eigenvalue weighted by atomic mass is 19.3. The first-order valence-electron chi connectivity index (χ1n) is 12.1. The number of aromatic amines is 1. The number of halogens is 5. The molecule has 9 nitrogen and oxygen atoms in total. The molecule has 14 heteroatoms. The van der Waals surface area contributed by atoms with Crippen LogP contribution in [-0.4, -0.2) is 68.5 Å². The van der Waals surface area contributed by atoms with Crippen LogP contribution in [0, 0.1) is 0 Å². The number of nitrogens with zero attached hydrogens (tertiary/aromatic N) is 3. The predicted octanol–water partition coefficient (Wildman–Crippen LogP) is 4.15. The van der Waals surface area contributed by atoms with E-state index in [0.29, 0.717) is 15.9 Å². The molecule has 1 aromatic carbocycles. The number of aromatic nitrogens is 3. The summed E-state index contributed by atoms with van der Waals surface area (Å²) in [7, 11) is 0. The van der Waals surface area contributed by atoms with Gasteiger partial charge < -0.3 is 20.1 Å². The molecule has 39 heavy (non-hydrogen) atoms. The summed E-state index contributed by atoms with van der Waals surface area (Å²) in [5.74, 6) is -5.31. The van der Waals surface area contributed by atoms with E-state index in [1.165, 1.54) is 24.4 Å². The number of anilines is 1. The van der Waals surface area contributed by atoms with Crippen molar-refractivity contribution in [3.8, 4) is 5.75 Å². The minimum absolute atomic E-state index is 0.0234. The molecule has 4 rings (SSSR count). The van der Waals surface area contributed by atoms with Crippen molar-refractivity contribution in [2.45, 2.75) is 63.0 Å². The van der Waals surface area contributed by atoms with Gasteiger partial charge in [0, 0.05) is 12.8 Å². The molecule has 0 unspecified atom stereocenters.